The fourth-order valence-corrected chi connectivity index (χ4v) is 0.779. The summed E-state index contributed by atoms with van der Waals surface area (Å²) in [6.07, 6.45) is 1.23. The van der Waals surface area contributed by atoms with Gasteiger partial charge in [0.1, 0.15) is 5.56 Å². The maximum Gasteiger partial charge on any atom is 0.263 e. The van der Waals surface area contributed by atoms with Crippen LogP contribution in [0.25, 0.3) is 0 Å². The van der Waals surface area contributed by atoms with Crippen molar-refractivity contribution < 1.29 is 4.79 Å². The number of primary amides is 1. The third-order valence-corrected chi connectivity index (χ3v) is 1.29. The van der Waals surface area contributed by atoms with Gasteiger partial charge in [-0.05, 0) is 6.92 Å². The van der Waals surface area contributed by atoms with Gasteiger partial charge in [-0.1, -0.05) is 0 Å². The Bertz CT molecular complexity index is 342. The fraction of sp³-hybridized carbons (Fsp3) is 0.167. The molecule has 58 valence electrons. The van der Waals surface area contributed by atoms with Gasteiger partial charge >= 0.3 is 0 Å². The van der Waals surface area contributed by atoms with E-state index in [2.05, 4.69) is 9.97 Å². The van der Waals surface area contributed by atoms with E-state index in [1.807, 2.05) is 0 Å². The lowest BCUT2D eigenvalue weighted by Crippen LogP contribution is -2.25. The highest BCUT2D eigenvalue weighted by atomic mass is 16.2. The van der Waals surface area contributed by atoms with Crippen LogP contribution in [0, 0.1) is 6.92 Å². The highest BCUT2D eigenvalue weighted by Gasteiger charge is 2.09. The van der Waals surface area contributed by atoms with E-state index in [4.69, 9.17) is 5.73 Å². The molecule has 0 saturated heterocycles. The van der Waals surface area contributed by atoms with Gasteiger partial charge in [-0.3, -0.25) is 9.59 Å². The third kappa shape index (κ3) is 1.26. The molecule has 0 radical (unpaired) electrons. The summed E-state index contributed by atoms with van der Waals surface area (Å²) in [5.41, 5.74) is 4.69. The smallest absolute Gasteiger partial charge is 0.263 e. The van der Waals surface area contributed by atoms with Gasteiger partial charge in [0.05, 0.1) is 12.0 Å². The number of hydrogen-bond acceptors (Lipinski definition) is 3. The molecule has 1 rings (SSSR count). The molecule has 3 N–H and O–H groups in total. The summed E-state index contributed by atoms with van der Waals surface area (Å²) in [6.45, 7) is 1.55. The number of nitrogens with one attached hydrogen (secondary N) is 1. The Kier molecular flexibility index (Phi) is 1.72. The van der Waals surface area contributed by atoms with Gasteiger partial charge in [0, 0.05) is 0 Å². The summed E-state index contributed by atoms with van der Waals surface area (Å²) in [4.78, 5) is 27.4. The molecule has 0 atom stereocenters. The summed E-state index contributed by atoms with van der Waals surface area (Å²) in [5.74, 6) is -0.753. The van der Waals surface area contributed by atoms with Gasteiger partial charge in [-0.15, -0.1) is 0 Å². The number of carbonyl (C=O) groups is 1. The third-order valence-electron chi connectivity index (χ3n) is 1.29. The first kappa shape index (κ1) is 7.46. The zero-order valence-corrected chi connectivity index (χ0v) is 5.92. The molecule has 1 heterocycles. The molecule has 0 aliphatic rings. The van der Waals surface area contributed by atoms with Crippen LogP contribution in [0.1, 0.15) is 16.1 Å². The minimum absolute atomic E-state index is 0.0764. The number of carbonyl (C=O) groups excluding carboxylic acids is 1. The molecule has 1 aromatic rings. The summed E-state index contributed by atoms with van der Waals surface area (Å²) < 4.78 is 0. The number of aromatic nitrogens is 2. The van der Waals surface area contributed by atoms with E-state index in [1.54, 1.807) is 6.92 Å². The first-order chi connectivity index (χ1) is 5.13. The van der Waals surface area contributed by atoms with E-state index >= 15 is 0 Å². The molecule has 0 spiro atoms. The topological polar surface area (TPSA) is 88.8 Å². The maximum absolute atomic E-state index is 10.9. The number of rotatable bonds is 1. The Balaban J connectivity index is 3.45. The van der Waals surface area contributed by atoms with Crippen LogP contribution in [0.3, 0.4) is 0 Å². The van der Waals surface area contributed by atoms with E-state index in [-0.39, 0.29) is 5.56 Å². The predicted octanol–water partition coefficient (Wildman–Crippen LogP) is -0.823. The van der Waals surface area contributed by atoms with Crippen molar-refractivity contribution in [3.05, 3.63) is 27.9 Å². The molecule has 0 aliphatic heterocycles. The summed E-state index contributed by atoms with van der Waals surface area (Å²) in [6, 6.07) is 0. The van der Waals surface area contributed by atoms with Crippen molar-refractivity contribution in [2.45, 2.75) is 6.92 Å². The largest absolute Gasteiger partial charge is 0.365 e. The standard InChI is InChI=1S/C6H7N3O2/c1-3-4(5(7)10)6(11)9-2-8-3/h2H,1H3,(H2,7,10)(H,8,9,11). The monoisotopic (exact) mass is 153 g/mol. The molecule has 0 aliphatic carbocycles. The maximum atomic E-state index is 10.9. The zero-order valence-electron chi connectivity index (χ0n) is 5.92. The van der Waals surface area contributed by atoms with E-state index < -0.39 is 11.5 Å². The Morgan fingerprint density at radius 3 is 2.73 bits per heavy atom. The van der Waals surface area contributed by atoms with Crippen LogP contribution in [-0.2, 0) is 0 Å². The van der Waals surface area contributed by atoms with Crippen molar-refractivity contribution in [3.63, 3.8) is 0 Å². The number of nitrogens with two attached hydrogens (primary N) is 1. The number of aromatic amines is 1. The molecule has 5 heteroatoms. The van der Waals surface area contributed by atoms with Crippen molar-refractivity contribution in [2.24, 2.45) is 5.73 Å². The average molecular weight is 153 g/mol. The highest BCUT2D eigenvalue weighted by Crippen LogP contribution is 1.92. The van der Waals surface area contributed by atoms with Crippen molar-refractivity contribution in [3.8, 4) is 0 Å². The van der Waals surface area contributed by atoms with Gasteiger partial charge in [0.2, 0.25) is 0 Å². The van der Waals surface area contributed by atoms with Gasteiger partial charge in [0.15, 0.2) is 0 Å². The first-order valence-electron chi connectivity index (χ1n) is 2.97. The Labute approximate surface area is 62.3 Å². The zero-order chi connectivity index (χ0) is 8.43. The van der Waals surface area contributed by atoms with Crippen LogP contribution in [0.15, 0.2) is 11.1 Å². The highest BCUT2D eigenvalue weighted by molar-refractivity contribution is 5.93. The summed E-state index contributed by atoms with van der Waals surface area (Å²) >= 11 is 0. The molecule has 0 unspecified atom stereocenters. The minimum Gasteiger partial charge on any atom is -0.365 e. The molecular formula is C6H7N3O2. The minimum atomic E-state index is -0.753. The molecule has 0 fully saturated rings. The molecule has 0 bridgehead atoms. The molecule has 5 nitrogen and oxygen atoms in total. The fourth-order valence-electron chi connectivity index (χ4n) is 0.779. The van der Waals surface area contributed by atoms with Crippen LogP contribution < -0.4 is 11.3 Å². The second kappa shape index (κ2) is 2.53. The number of amides is 1. The van der Waals surface area contributed by atoms with Crippen LogP contribution in [0.4, 0.5) is 0 Å². The van der Waals surface area contributed by atoms with E-state index in [0.717, 1.165) is 0 Å². The second-order valence-electron chi connectivity index (χ2n) is 2.06. The molecule has 0 saturated carbocycles. The van der Waals surface area contributed by atoms with Gasteiger partial charge < -0.3 is 10.7 Å². The Hall–Kier alpha value is -1.65. The average Bonchev–Trinajstić information content (AvgIpc) is 1.85. The van der Waals surface area contributed by atoms with Crippen molar-refractivity contribution in [1.29, 1.82) is 0 Å². The number of hydrogen-bond donors (Lipinski definition) is 2. The lowest BCUT2D eigenvalue weighted by molar-refractivity contribution is 0.0998. The van der Waals surface area contributed by atoms with Crippen LogP contribution >= 0.6 is 0 Å². The van der Waals surface area contributed by atoms with Gasteiger partial charge in [0.25, 0.3) is 11.5 Å². The first-order valence-corrected chi connectivity index (χ1v) is 2.97. The van der Waals surface area contributed by atoms with E-state index in [9.17, 15) is 9.59 Å². The molecular weight excluding hydrogens is 146 g/mol. The van der Waals surface area contributed by atoms with Gasteiger partial charge in [-0.25, -0.2) is 4.98 Å². The summed E-state index contributed by atoms with van der Waals surface area (Å²) in [7, 11) is 0. The van der Waals surface area contributed by atoms with Crippen molar-refractivity contribution >= 4 is 5.91 Å². The van der Waals surface area contributed by atoms with Crippen LogP contribution in [0.5, 0.6) is 0 Å². The SMILES string of the molecule is Cc1nc[nH]c(=O)c1C(N)=O. The Morgan fingerprint density at radius 2 is 2.36 bits per heavy atom. The Morgan fingerprint density at radius 1 is 1.73 bits per heavy atom. The predicted molar refractivity (Wildman–Crippen MR) is 38.1 cm³/mol. The van der Waals surface area contributed by atoms with Crippen LogP contribution in [-0.4, -0.2) is 15.9 Å². The molecule has 11 heavy (non-hydrogen) atoms. The van der Waals surface area contributed by atoms with Gasteiger partial charge in [-0.2, -0.15) is 0 Å². The van der Waals surface area contributed by atoms with Crippen molar-refractivity contribution in [1.82, 2.24) is 9.97 Å². The second-order valence-corrected chi connectivity index (χ2v) is 2.06. The van der Waals surface area contributed by atoms with Crippen LogP contribution in [0.2, 0.25) is 0 Å². The molecule has 0 aromatic carbocycles. The number of aryl methyl sites for hydroxylation is 1. The van der Waals surface area contributed by atoms with E-state index in [0.29, 0.717) is 5.69 Å². The number of nitrogens with zero attached hydrogens (tertiary/aromatic N) is 1. The quantitative estimate of drug-likeness (QED) is 0.552. The number of H-pyrrole nitrogens is 1. The lowest BCUT2D eigenvalue weighted by Gasteiger charge is -1.95. The van der Waals surface area contributed by atoms with E-state index in [1.165, 1.54) is 6.33 Å². The molecule has 1 aromatic heterocycles. The normalized spacial score (nSPS) is 9.55. The van der Waals surface area contributed by atoms with Crippen molar-refractivity contribution in [2.75, 3.05) is 0 Å². The lowest BCUT2D eigenvalue weighted by atomic mass is 10.2. The summed E-state index contributed by atoms with van der Waals surface area (Å²) in [5, 5.41) is 0. The molecule has 1 amide bonds.